The number of carbonyl (C=O) groups is 2. The minimum absolute atomic E-state index is 0.129. The van der Waals surface area contributed by atoms with Crippen LogP contribution in [0.25, 0.3) is 0 Å². The van der Waals surface area contributed by atoms with Gasteiger partial charge in [0.15, 0.2) is 0 Å². The Kier molecular flexibility index (Phi) is 4.45. The van der Waals surface area contributed by atoms with Crippen LogP contribution >= 0.6 is 0 Å². The Bertz CT molecular complexity index is 351. The number of nitrogens with one attached hydrogen (secondary N) is 1. The molecule has 19 heavy (non-hydrogen) atoms. The molecule has 108 valence electrons. The molecule has 1 unspecified atom stereocenters. The first-order valence-corrected chi connectivity index (χ1v) is 7.18. The second-order valence-electron chi connectivity index (χ2n) is 5.84. The van der Waals surface area contributed by atoms with Crippen LogP contribution in [0.4, 0.5) is 0 Å². The number of esters is 1. The lowest BCUT2D eigenvalue weighted by molar-refractivity contribution is -0.159. The molecule has 2 aliphatic rings. The van der Waals surface area contributed by atoms with Crippen molar-refractivity contribution in [2.45, 2.75) is 45.1 Å². The van der Waals surface area contributed by atoms with Crippen molar-refractivity contribution < 1.29 is 14.3 Å². The summed E-state index contributed by atoms with van der Waals surface area (Å²) in [4.78, 5) is 26.4. The maximum Gasteiger partial charge on any atom is 0.328 e. The number of nitrogens with zero attached hydrogens (tertiary/aromatic N) is 1. The zero-order valence-corrected chi connectivity index (χ0v) is 11.9. The van der Waals surface area contributed by atoms with Crippen molar-refractivity contribution >= 4 is 11.9 Å². The molecule has 2 rings (SSSR count). The Morgan fingerprint density at radius 3 is 2.58 bits per heavy atom. The lowest BCUT2D eigenvalue weighted by Crippen LogP contribution is -2.55. The Morgan fingerprint density at radius 2 is 1.95 bits per heavy atom. The first-order chi connectivity index (χ1) is 9.08. The van der Waals surface area contributed by atoms with Crippen molar-refractivity contribution in [2.24, 2.45) is 5.41 Å². The van der Waals surface area contributed by atoms with Gasteiger partial charge < -0.3 is 15.0 Å². The number of rotatable bonds is 2. The zero-order valence-electron chi connectivity index (χ0n) is 11.9. The average molecular weight is 268 g/mol. The molecule has 1 amide bonds. The van der Waals surface area contributed by atoms with Crippen LogP contribution < -0.4 is 5.32 Å². The summed E-state index contributed by atoms with van der Waals surface area (Å²) < 4.78 is 4.85. The molecule has 0 aromatic rings. The lowest BCUT2D eigenvalue weighted by atomic mass is 9.79. The lowest BCUT2D eigenvalue weighted by Gasteiger charge is -2.41. The summed E-state index contributed by atoms with van der Waals surface area (Å²) in [5.41, 5.74) is -0.325. The predicted molar refractivity (Wildman–Crippen MR) is 71.6 cm³/mol. The maximum atomic E-state index is 12.8. The van der Waals surface area contributed by atoms with Gasteiger partial charge in [-0.3, -0.25) is 4.79 Å². The van der Waals surface area contributed by atoms with Gasteiger partial charge in [-0.15, -0.1) is 0 Å². The van der Waals surface area contributed by atoms with Gasteiger partial charge in [-0.25, -0.2) is 4.79 Å². The highest BCUT2D eigenvalue weighted by Crippen LogP contribution is 2.33. The first-order valence-electron chi connectivity index (χ1n) is 7.18. The standard InChI is InChI=1S/C14H24N2O3/c1-14(6-8-15-9-7-14)13(18)16-10-4-3-5-11(16)12(17)19-2/h11,15H,3-10H2,1-2H3. The van der Waals surface area contributed by atoms with Gasteiger partial charge in [0.05, 0.1) is 7.11 Å². The van der Waals surface area contributed by atoms with E-state index in [1.54, 1.807) is 4.90 Å². The van der Waals surface area contributed by atoms with Crippen LogP contribution in [-0.4, -0.2) is 49.6 Å². The van der Waals surface area contributed by atoms with Crippen LogP contribution in [0.2, 0.25) is 0 Å². The molecule has 5 heteroatoms. The zero-order chi connectivity index (χ0) is 13.9. The fourth-order valence-corrected chi connectivity index (χ4v) is 3.09. The second-order valence-corrected chi connectivity index (χ2v) is 5.84. The first kappa shape index (κ1) is 14.3. The van der Waals surface area contributed by atoms with Crippen molar-refractivity contribution in [3.63, 3.8) is 0 Å². The van der Waals surface area contributed by atoms with E-state index in [9.17, 15) is 9.59 Å². The van der Waals surface area contributed by atoms with E-state index < -0.39 is 0 Å². The van der Waals surface area contributed by atoms with Crippen LogP contribution in [0.1, 0.15) is 39.0 Å². The van der Waals surface area contributed by atoms with Crippen molar-refractivity contribution in [1.82, 2.24) is 10.2 Å². The van der Waals surface area contributed by atoms with Crippen molar-refractivity contribution in [2.75, 3.05) is 26.7 Å². The molecule has 5 nitrogen and oxygen atoms in total. The molecule has 2 fully saturated rings. The van der Waals surface area contributed by atoms with E-state index in [2.05, 4.69) is 5.32 Å². The number of methoxy groups -OCH3 is 1. The van der Waals surface area contributed by atoms with E-state index in [-0.39, 0.29) is 23.3 Å². The summed E-state index contributed by atoms with van der Waals surface area (Å²) in [7, 11) is 1.39. The monoisotopic (exact) mass is 268 g/mol. The minimum Gasteiger partial charge on any atom is -0.467 e. The third kappa shape index (κ3) is 2.91. The molecule has 0 spiro atoms. The molecule has 0 aliphatic carbocycles. The van der Waals surface area contributed by atoms with E-state index in [0.717, 1.165) is 45.2 Å². The normalized spacial score (nSPS) is 26.8. The van der Waals surface area contributed by atoms with E-state index in [4.69, 9.17) is 4.74 Å². The van der Waals surface area contributed by atoms with Crippen LogP contribution in [-0.2, 0) is 14.3 Å². The number of piperidine rings is 2. The smallest absolute Gasteiger partial charge is 0.328 e. The third-order valence-corrected chi connectivity index (χ3v) is 4.46. The predicted octanol–water partition coefficient (Wildman–Crippen LogP) is 0.930. The summed E-state index contributed by atoms with van der Waals surface area (Å²) >= 11 is 0. The van der Waals surface area contributed by atoms with Crippen molar-refractivity contribution in [3.8, 4) is 0 Å². The SMILES string of the molecule is COC(=O)C1CCCCN1C(=O)C1(C)CCNCC1. The van der Waals surface area contributed by atoms with Gasteiger partial charge in [0.25, 0.3) is 0 Å². The summed E-state index contributed by atoms with van der Waals surface area (Å²) in [5, 5.41) is 3.28. The molecule has 2 saturated heterocycles. The van der Waals surface area contributed by atoms with E-state index in [1.165, 1.54) is 7.11 Å². The summed E-state index contributed by atoms with van der Waals surface area (Å²) in [6.45, 7) is 4.46. The highest BCUT2D eigenvalue weighted by Gasteiger charge is 2.42. The van der Waals surface area contributed by atoms with Gasteiger partial charge in [0.1, 0.15) is 6.04 Å². The van der Waals surface area contributed by atoms with Gasteiger partial charge >= 0.3 is 5.97 Å². The topological polar surface area (TPSA) is 58.6 Å². The largest absolute Gasteiger partial charge is 0.467 e. The Morgan fingerprint density at radius 1 is 1.26 bits per heavy atom. The van der Waals surface area contributed by atoms with Crippen LogP contribution in [0.5, 0.6) is 0 Å². The fourth-order valence-electron chi connectivity index (χ4n) is 3.09. The fraction of sp³-hybridized carbons (Fsp3) is 0.857. The molecular weight excluding hydrogens is 244 g/mol. The van der Waals surface area contributed by atoms with Crippen molar-refractivity contribution in [3.05, 3.63) is 0 Å². The summed E-state index contributed by atoms with van der Waals surface area (Å²) in [5.74, 6) is -0.144. The second kappa shape index (κ2) is 5.90. The number of hydrogen-bond acceptors (Lipinski definition) is 4. The Labute approximate surface area is 114 Å². The Hall–Kier alpha value is -1.10. The molecule has 2 heterocycles. The van der Waals surface area contributed by atoms with Crippen LogP contribution in [0.15, 0.2) is 0 Å². The minimum atomic E-state index is -0.377. The van der Waals surface area contributed by atoms with Crippen LogP contribution in [0.3, 0.4) is 0 Å². The van der Waals surface area contributed by atoms with Crippen molar-refractivity contribution in [1.29, 1.82) is 0 Å². The maximum absolute atomic E-state index is 12.8. The van der Waals surface area contributed by atoms with E-state index in [1.807, 2.05) is 6.92 Å². The number of likely N-dealkylation sites (tertiary alicyclic amines) is 1. The number of ether oxygens (including phenoxy) is 1. The average Bonchev–Trinajstić information content (AvgIpc) is 2.46. The summed E-state index contributed by atoms with van der Waals surface area (Å²) in [6.07, 6.45) is 4.38. The van der Waals surface area contributed by atoms with Crippen LogP contribution in [0, 0.1) is 5.41 Å². The molecule has 1 N–H and O–H groups in total. The molecule has 0 aromatic heterocycles. The van der Waals surface area contributed by atoms with E-state index in [0.29, 0.717) is 6.54 Å². The van der Waals surface area contributed by atoms with Gasteiger partial charge in [-0.2, -0.15) is 0 Å². The van der Waals surface area contributed by atoms with E-state index >= 15 is 0 Å². The van der Waals surface area contributed by atoms with Gasteiger partial charge in [0, 0.05) is 12.0 Å². The third-order valence-electron chi connectivity index (χ3n) is 4.46. The molecule has 1 atom stereocenters. The highest BCUT2D eigenvalue weighted by atomic mass is 16.5. The Balaban J connectivity index is 2.12. The molecule has 2 aliphatic heterocycles. The number of amides is 1. The quantitative estimate of drug-likeness (QED) is 0.757. The molecule has 0 radical (unpaired) electrons. The summed E-state index contributed by atoms with van der Waals surface area (Å²) in [6, 6.07) is -0.377. The number of carbonyl (C=O) groups excluding carboxylic acids is 2. The van der Waals surface area contributed by atoms with Gasteiger partial charge in [0.2, 0.25) is 5.91 Å². The van der Waals surface area contributed by atoms with Gasteiger partial charge in [-0.05, 0) is 45.2 Å². The highest BCUT2D eigenvalue weighted by molar-refractivity contribution is 5.88. The molecule has 0 saturated carbocycles. The van der Waals surface area contributed by atoms with Gasteiger partial charge in [-0.1, -0.05) is 6.92 Å². The number of hydrogen-bond donors (Lipinski definition) is 1. The molecular formula is C14H24N2O3. The molecule has 0 aromatic carbocycles. The molecule has 0 bridgehead atoms.